The van der Waals surface area contributed by atoms with Crippen LogP contribution >= 0.6 is 0 Å². The van der Waals surface area contributed by atoms with E-state index in [1.807, 2.05) is 18.2 Å². The van der Waals surface area contributed by atoms with Crippen LogP contribution < -0.4 is 5.56 Å². The lowest BCUT2D eigenvalue weighted by Gasteiger charge is -2.24. The number of para-hydroxylation sites is 1. The zero-order chi connectivity index (χ0) is 17.7. The number of hydrogen-bond acceptors (Lipinski definition) is 3. The van der Waals surface area contributed by atoms with Crippen molar-refractivity contribution in [2.75, 3.05) is 0 Å². The molecule has 0 amide bonds. The number of halogens is 1. The van der Waals surface area contributed by atoms with Crippen molar-refractivity contribution in [1.29, 1.82) is 0 Å². The van der Waals surface area contributed by atoms with Gasteiger partial charge < -0.3 is 4.98 Å². The van der Waals surface area contributed by atoms with Gasteiger partial charge in [-0.25, -0.2) is 4.39 Å². The Balaban J connectivity index is 1.72. The third kappa shape index (κ3) is 2.33. The van der Waals surface area contributed by atoms with Gasteiger partial charge in [-0.2, -0.15) is 14.8 Å². The van der Waals surface area contributed by atoms with Gasteiger partial charge in [-0.3, -0.25) is 4.79 Å². The first kappa shape index (κ1) is 15.3. The van der Waals surface area contributed by atoms with Crippen LogP contribution in [0.3, 0.4) is 0 Å². The summed E-state index contributed by atoms with van der Waals surface area (Å²) in [5.41, 5.74) is 3.85. The smallest absolute Gasteiger partial charge is 0.248 e. The zero-order valence-corrected chi connectivity index (χ0v) is 14.1. The minimum Gasteiger partial charge on any atom is -0.319 e. The van der Waals surface area contributed by atoms with Crippen molar-refractivity contribution in [1.82, 2.24) is 19.8 Å². The molecular formula is C20H17FN4O. The Morgan fingerprint density at radius 1 is 1.23 bits per heavy atom. The van der Waals surface area contributed by atoms with Gasteiger partial charge >= 0.3 is 0 Å². The summed E-state index contributed by atoms with van der Waals surface area (Å²) in [5.74, 6) is 0.0268. The van der Waals surface area contributed by atoms with Crippen LogP contribution in [0.4, 0.5) is 4.39 Å². The SMILES string of the molecule is O=c1cc(Cc2c(C3CCC3)nn3ncccc23)c2cccc(F)c2[nH]1. The number of aromatic amines is 1. The summed E-state index contributed by atoms with van der Waals surface area (Å²) in [5, 5.41) is 9.74. The van der Waals surface area contributed by atoms with Crippen LogP contribution in [-0.2, 0) is 6.42 Å². The highest BCUT2D eigenvalue weighted by Gasteiger charge is 2.27. The lowest BCUT2D eigenvalue weighted by Crippen LogP contribution is -2.12. The second kappa shape index (κ2) is 5.76. The molecule has 0 bridgehead atoms. The quantitative estimate of drug-likeness (QED) is 0.616. The fourth-order valence-corrected chi connectivity index (χ4v) is 3.80. The van der Waals surface area contributed by atoms with E-state index in [9.17, 15) is 9.18 Å². The summed E-state index contributed by atoms with van der Waals surface area (Å²) in [6.07, 6.45) is 5.71. The molecule has 0 unspecified atom stereocenters. The van der Waals surface area contributed by atoms with Gasteiger partial charge in [0.05, 0.1) is 16.7 Å². The zero-order valence-electron chi connectivity index (χ0n) is 14.1. The minimum absolute atomic E-state index is 0.259. The molecule has 26 heavy (non-hydrogen) atoms. The number of pyridine rings is 1. The van der Waals surface area contributed by atoms with Gasteiger partial charge in [-0.05, 0) is 36.6 Å². The summed E-state index contributed by atoms with van der Waals surface area (Å²) >= 11 is 0. The number of hydrogen-bond donors (Lipinski definition) is 1. The van der Waals surface area contributed by atoms with Crippen molar-refractivity contribution in [2.24, 2.45) is 0 Å². The maximum atomic E-state index is 14.2. The second-order valence-electron chi connectivity index (χ2n) is 6.89. The fourth-order valence-electron chi connectivity index (χ4n) is 3.80. The highest BCUT2D eigenvalue weighted by atomic mass is 19.1. The topological polar surface area (TPSA) is 63.1 Å². The van der Waals surface area contributed by atoms with Gasteiger partial charge in [0.2, 0.25) is 5.56 Å². The van der Waals surface area contributed by atoms with Gasteiger partial charge in [0.15, 0.2) is 0 Å². The first-order valence-corrected chi connectivity index (χ1v) is 8.84. The Labute approximate surface area is 148 Å². The normalized spacial score (nSPS) is 14.8. The van der Waals surface area contributed by atoms with Crippen molar-refractivity contribution in [3.63, 3.8) is 0 Å². The van der Waals surface area contributed by atoms with Gasteiger partial charge in [-0.1, -0.05) is 18.6 Å². The predicted octanol–water partition coefficient (Wildman–Crippen LogP) is 3.57. The number of nitrogens with zero attached hydrogens (tertiary/aromatic N) is 3. The van der Waals surface area contributed by atoms with Crippen LogP contribution in [0.15, 0.2) is 47.4 Å². The van der Waals surface area contributed by atoms with E-state index in [0.29, 0.717) is 12.3 Å². The highest BCUT2D eigenvalue weighted by molar-refractivity contribution is 5.83. The molecule has 1 fully saturated rings. The van der Waals surface area contributed by atoms with Gasteiger partial charge in [0.1, 0.15) is 5.82 Å². The van der Waals surface area contributed by atoms with E-state index >= 15 is 0 Å². The Morgan fingerprint density at radius 2 is 2.12 bits per heavy atom. The molecule has 130 valence electrons. The minimum atomic E-state index is -0.415. The summed E-state index contributed by atoms with van der Waals surface area (Å²) in [6, 6.07) is 10.3. The molecule has 5 nitrogen and oxygen atoms in total. The van der Waals surface area contributed by atoms with Crippen LogP contribution in [0.2, 0.25) is 0 Å². The van der Waals surface area contributed by atoms with Crippen molar-refractivity contribution in [2.45, 2.75) is 31.6 Å². The van der Waals surface area contributed by atoms with Crippen LogP contribution in [0.5, 0.6) is 0 Å². The van der Waals surface area contributed by atoms with Crippen molar-refractivity contribution in [3.05, 3.63) is 75.6 Å². The highest BCUT2D eigenvalue weighted by Crippen LogP contribution is 2.39. The van der Waals surface area contributed by atoms with E-state index in [1.54, 1.807) is 23.0 Å². The van der Waals surface area contributed by atoms with E-state index in [4.69, 9.17) is 5.10 Å². The van der Waals surface area contributed by atoms with Gasteiger partial charge in [0, 0.05) is 35.6 Å². The van der Waals surface area contributed by atoms with Crippen LogP contribution in [-0.4, -0.2) is 19.8 Å². The lowest BCUT2D eigenvalue weighted by atomic mass is 9.80. The lowest BCUT2D eigenvalue weighted by molar-refractivity contribution is 0.406. The first-order valence-electron chi connectivity index (χ1n) is 8.84. The van der Waals surface area contributed by atoms with Crippen LogP contribution in [0.1, 0.15) is 42.0 Å². The van der Waals surface area contributed by atoms with Crippen LogP contribution in [0, 0.1) is 5.82 Å². The Hall–Kier alpha value is -3.02. The maximum absolute atomic E-state index is 14.2. The molecule has 1 saturated carbocycles. The number of benzene rings is 1. The molecule has 0 spiro atoms. The molecule has 3 heterocycles. The second-order valence-corrected chi connectivity index (χ2v) is 6.89. The fraction of sp³-hybridized carbons (Fsp3) is 0.250. The van der Waals surface area contributed by atoms with Crippen molar-refractivity contribution < 1.29 is 4.39 Å². The summed E-state index contributed by atoms with van der Waals surface area (Å²) in [6.45, 7) is 0. The molecular weight excluding hydrogens is 331 g/mol. The molecule has 0 aliphatic heterocycles. The average Bonchev–Trinajstić information content (AvgIpc) is 2.93. The van der Waals surface area contributed by atoms with E-state index in [2.05, 4.69) is 10.1 Å². The van der Waals surface area contributed by atoms with Crippen LogP contribution in [0.25, 0.3) is 16.4 Å². The number of aromatic nitrogens is 4. The maximum Gasteiger partial charge on any atom is 0.248 e. The van der Waals surface area contributed by atoms with E-state index in [1.165, 1.54) is 12.5 Å². The number of rotatable bonds is 3. The summed E-state index contributed by atoms with van der Waals surface area (Å²) < 4.78 is 15.8. The molecule has 1 aliphatic carbocycles. The third-order valence-corrected chi connectivity index (χ3v) is 5.32. The number of H-pyrrole nitrogens is 1. The first-order chi connectivity index (χ1) is 12.7. The van der Waals surface area contributed by atoms with Gasteiger partial charge in [-0.15, -0.1) is 0 Å². The molecule has 4 aromatic rings. The third-order valence-electron chi connectivity index (χ3n) is 5.32. The molecule has 0 saturated heterocycles. The largest absolute Gasteiger partial charge is 0.319 e. The van der Waals surface area contributed by atoms with Crippen molar-refractivity contribution >= 4 is 16.4 Å². The van der Waals surface area contributed by atoms with Crippen molar-refractivity contribution in [3.8, 4) is 0 Å². The monoisotopic (exact) mass is 348 g/mol. The number of fused-ring (bicyclic) bond motifs is 2. The standard InChI is InChI=1S/C20H17FN4O/c21-16-7-2-6-14-13(11-18(26)23-20(14)16)10-15-17-8-3-9-22-25(17)24-19(15)12-4-1-5-12/h2-3,6-9,11-12H,1,4-5,10H2,(H,23,26). The van der Waals surface area contributed by atoms with E-state index in [0.717, 1.165) is 40.6 Å². The summed E-state index contributed by atoms with van der Waals surface area (Å²) in [4.78, 5) is 14.7. The Bertz CT molecular complexity index is 1190. The molecule has 1 aliphatic rings. The molecule has 1 aromatic carbocycles. The molecule has 1 N–H and O–H groups in total. The van der Waals surface area contributed by atoms with E-state index in [-0.39, 0.29) is 11.1 Å². The van der Waals surface area contributed by atoms with E-state index < -0.39 is 5.82 Å². The molecule has 5 rings (SSSR count). The molecule has 6 heteroatoms. The van der Waals surface area contributed by atoms with Gasteiger partial charge in [0.25, 0.3) is 0 Å². The summed E-state index contributed by atoms with van der Waals surface area (Å²) in [7, 11) is 0. The average molecular weight is 348 g/mol. The molecule has 0 radical (unpaired) electrons. The Morgan fingerprint density at radius 3 is 2.92 bits per heavy atom. The predicted molar refractivity (Wildman–Crippen MR) is 96.9 cm³/mol. The molecule has 0 atom stereocenters. The molecule has 3 aromatic heterocycles. The Kier molecular flexibility index (Phi) is 3.38. The number of nitrogens with one attached hydrogen (secondary N) is 1.